The van der Waals surface area contributed by atoms with Crippen LogP contribution in [0.1, 0.15) is 194 Å². The molecule has 0 saturated carbocycles. The fourth-order valence-electron chi connectivity index (χ4n) is 5.47. The largest absolute Gasteiger partial charge is 0.466 e. The maximum Gasteiger partial charge on any atom is 0.306 e. The lowest BCUT2D eigenvalue weighted by Crippen LogP contribution is -2.37. The summed E-state index contributed by atoms with van der Waals surface area (Å²) in [6.45, 7) is 4.01. The summed E-state index contributed by atoms with van der Waals surface area (Å²) in [4.78, 5) is 23.8. The van der Waals surface area contributed by atoms with Crippen LogP contribution in [-0.2, 0) is 19.1 Å². The third-order valence-electron chi connectivity index (χ3n) is 9.26. The predicted octanol–water partition coefficient (Wildman–Crippen LogP) is 9.71. The van der Waals surface area contributed by atoms with Gasteiger partial charge in [0.2, 0.25) is 0 Å². The molecule has 0 aromatic carbocycles. The average Bonchev–Trinajstić information content (AvgIpc) is 3.13. The van der Waals surface area contributed by atoms with Crippen LogP contribution in [0, 0.1) is 5.41 Å². The number of carbonyl (C=O) groups is 2. The number of rotatable bonds is 38. The topological polar surface area (TPSA) is 134 Å². The molecule has 0 rings (SSSR count). The van der Waals surface area contributed by atoms with Crippen molar-refractivity contribution in [1.82, 2.24) is 0 Å². The second kappa shape index (κ2) is 42.5. The third kappa shape index (κ3) is 38.4. The molecule has 0 bridgehead atoms. The van der Waals surface area contributed by atoms with Crippen LogP contribution >= 0.6 is 11.8 Å². The summed E-state index contributed by atoms with van der Waals surface area (Å²) in [5.74, 6) is 1.20. The molecule has 0 radical (unpaired) electrons. The molecule has 4 N–H and O–H groups in total. The number of hydrogen-bond donors (Lipinski definition) is 4. The average molecular weight is 735 g/mol. The minimum atomic E-state index is -1.11. The van der Waals surface area contributed by atoms with Crippen molar-refractivity contribution < 1.29 is 39.5 Å². The van der Waals surface area contributed by atoms with Crippen LogP contribution < -0.4 is 0 Å². The van der Waals surface area contributed by atoms with E-state index in [0.29, 0.717) is 37.6 Å². The van der Waals surface area contributed by atoms with Gasteiger partial charge in [-0.3, -0.25) is 9.59 Å². The Morgan fingerprint density at radius 1 is 0.420 bits per heavy atom. The van der Waals surface area contributed by atoms with E-state index >= 15 is 0 Å². The van der Waals surface area contributed by atoms with Gasteiger partial charge in [-0.05, 0) is 12.8 Å². The van der Waals surface area contributed by atoms with E-state index in [1.54, 1.807) is 11.8 Å². The van der Waals surface area contributed by atoms with Crippen LogP contribution in [0.5, 0.6) is 0 Å². The number of hydrogen-bond acceptors (Lipinski definition) is 9. The Morgan fingerprint density at radius 2 is 0.660 bits per heavy atom. The number of aliphatic hydroxyl groups excluding tert-OH is 4. The van der Waals surface area contributed by atoms with E-state index in [2.05, 4.69) is 13.8 Å². The third-order valence-corrected chi connectivity index (χ3v) is 10.3. The SMILES string of the molecule is CCCCCCCCCCCCCCCCCCOC(=O)CCSCCC(=O)OCCCCCCCCCCCC.OCC(CO)(CO)CO. The van der Waals surface area contributed by atoms with Crippen LogP contribution in [0.25, 0.3) is 0 Å². The summed E-state index contributed by atoms with van der Waals surface area (Å²) in [5.41, 5.74) is -1.11. The molecule has 0 atom stereocenters. The molecule has 0 amide bonds. The van der Waals surface area contributed by atoms with Gasteiger partial charge in [-0.25, -0.2) is 0 Å². The number of carbonyl (C=O) groups excluding carboxylic acids is 2. The van der Waals surface area contributed by atoms with E-state index in [-0.39, 0.29) is 11.9 Å². The minimum absolute atomic E-state index is 0.109. The lowest BCUT2D eigenvalue weighted by atomic mass is 9.93. The first-order chi connectivity index (χ1) is 24.4. The molecule has 300 valence electrons. The fraction of sp³-hybridized carbons (Fsp3) is 0.951. The highest BCUT2D eigenvalue weighted by Crippen LogP contribution is 2.15. The zero-order chi connectivity index (χ0) is 37.2. The van der Waals surface area contributed by atoms with Crippen molar-refractivity contribution in [3.05, 3.63) is 0 Å². The monoisotopic (exact) mass is 735 g/mol. The molecule has 0 heterocycles. The minimum Gasteiger partial charge on any atom is -0.466 e. The second-order valence-electron chi connectivity index (χ2n) is 14.2. The summed E-state index contributed by atoms with van der Waals surface area (Å²) >= 11 is 1.63. The lowest BCUT2D eigenvalue weighted by Gasteiger charge is -2.23. The Hall–Kier alpha value is -0.870. The normalized spacial score (nSPS) is 11.3. The van der Waals surface area contributed by atoms with Gasteiger partial charge < -0.3 is 29.9 Å². The van der Waals surface area contributed by atoms with Crippen molar-refractivity contribution in [2.45, 2.75) is 194 Å². The van der Waals surface area contributed by atoms with Gasteiger partial charge >= 0.3 is 11.9 Å². The van der Waals surface area contributed by atoms with Gasteiger partial charge in [-0.2, -0.15) is 11.8 Å². The molecule has 50 heavy (non-hydrogen) atoms. The highest BCUT2D eigenvalue weighted by atomic mass is 32.2. The van der Waals surface area contributed by atoms with Crippen molar-refractivity contribution in [3.63, 3.8) is 0 Å². The summed E-state index contributed by atoms with van der Waals surface area (Å²) in [5, 5.41) is 34.0. The Morgan fingerprint density at radius 3 is 0.880 bits per heavy atom. The molecule has 0 unspecified atom stereocenters. The van der Waals surface area contributed by atoms with Crippen molar-refractivity contribution in [2.24, 2.45) is 5.41 Å². The first-order valence-corrected chi connectivity index (χ1v) is 21.9. The van der Waals surface area contributed by atoms with Crippen LogP contribution in [0.3, 0.4) is 0 Å². The second-order valence-corrected chi connectivity index (χ2v) is 15.4. The maximum absolute atomic E-state index is 11.9. The summed E-state index contributed by atoms with van der Waals surface area (Å²) in [6, 6.07) is 0. The first-order valence-electron chi connectivity index (χ1n) is 20.8. The number of aliphatic hydroxyl groups is 4. The Labute approximate surface area is 312 Å². The molecular weight excluding hydrogens is 653 g/mol. The highest BCUT2D eigenvalue weighted by molar-refractivity contribution is 7.99. The van der Waals surface area contributed by atoms with Gasteiger partial charge in [0.15, 0.2) is 0 Å². The molecule has 0 aliphatic heterocycles. The van der Waals surface area contributed by atoms with Crippen LogP contribution in [-0.4, -0.2) is 83.5 Å². The number of thioether (sulfide) groups is 1. The van der Waals surface area contributed by atoms with Gasteiger partial charge in [0.25, 0.3) is 0 Å². The predicted molar refractivity (Wildman–Crippen MR) is 211 cm³/mol. The summed E-state index contributed by atoms with van der Waals surface area (Å²) in [6.07, 6.45) is 35.2. The number of ether oxygens (including phenoxy) is 2. The standard InChI is InChI=1S/C36H70O4S.C5H12O4/c1-3-5-7-9-11-13-15-16-17-18-19-20-22-24-26-28-32-40-36(38)30-34-41-33-29-35(37)39-31-27-25-23-21-14-12-10-8-6-4-2;6-1-5(2-7,3-8)4-9/h3-34H2,1-2H3;6-9H,1-4H2. The molecule has 8 nitrogen and oxygen atoms in total. The van der Waals surface area contributed by atoms with Crippen LogP contribution in [0.15, 0.2) is 0 Å². The Balaban J connectivity index is 0. The van der Waals surface area contributed by atoms with E-state index in [4.69, 9.17) is 29.9 Å². The molecule has 0 aromatic heterocycles. The van der Waals surface area contributed by atoms with Gasteiger partial charge in [0, 0.05) is 11.5 Å². The lowest BCUT2D eigenvalue weighted by molar-refractivity contribution is -0.144. The molecule has 9 heteroatoms. The van der Waals surface area contributed by atoms with Crippen molar-refractivity contribution in [2.75, 3.05) is 51.1 Å². The number of unbranched alkanes of at least 4 members (excludes halogenated alkanes) is 24. The van der Waals surface area contributed by atoms with E-state index in [9.17, 15) is 9.59 Å². The Kier molecular flexibility index (Phi) is 43.6. The molecular formula is C41H82O8S. The van der Waals surface area contributed by atoms with Crippen molar-refractivity contribution in [3.8, 4) is 0 Å². The molecule has 0 spiro atoms. The molecule has 0 fully saturated rings. The summed E-state index contributed by atoms with van der Waals surface area (Å²) in [7, 11) is 0. The molecule has 0 aliphatic carbocycles. The van der Waals surface area contributed by atoms with Crippen molar-refractivity contribution >= 4 is 23.7 Å². The quantitative estimate of drug-likeness (QED) is 0.0361. The van der Waals surface area contributed by atoms with Crippen molar-refractivity contribution in [1.29, 1.82) is 0 Å². The number of esters is 2. The maximum atomic E-state index is 11.9. The van der Waals surface area contributed by atoms with Gasteiger partial charge in [0.05, 0.1) is 57.9 Å². The zero-order valence-corrected chi connectivity index (χ0v) is 33.6. The van der Waals surface area contributed by atoms with Gasteiger partial charge in [0.1, 0.15) is 0 Å². The van der Waals surface area contributed by atoms with Gasteiger partial charge in [-0.1, -0.05) is 168 Å². The highest BCUT2D eigenvalue weighted by Gasteiger charge is 2.26. The fourth-order valence-corrected chi connectivity index (χ4v) is 6.30. The molecule has 0 saturated heterocycles. The van der Waals surface area contributed by atoms with E-state index in [1.807, 2.05) is 0 Å². The van der Waals surface area contributed by atoms with Crippen LogP contribution in [0.4, 0.5) is 0 Å². The Bertz CT molecular complexity index is 672. The van der Waals surface area contributed by atoms with Gasteiger partial charge in [-0.15, -0.1) is 0 Å². The van der Waals surface area contributed by atoms with E-state index in [0.717, 1.165) is 25.7 Å². The zero-order valence-electron chi connectivity index (χ0n) is 32.8. The van der Waals surface area contributed by atoms with E-state index in [1.165, 1.54) is 141 Å². The first kappa shape index (κ1) is 51.2. The summed E-state index contributed by atoms with van der Waals surface area (Å²) < 4.78 is 10.7. The van der Waals surface area contributed by atoms with Crippen LogP contribution in [0.2, 0.25) is 0 Å². The van der Waals surface area contributed by atoms with E-state index < -0.39 is 31.8 Å². The smallest absolute Gasteiger partial charge is 0.306 e. The molecule has 0 aliphatic rings. The molecule has 0 aromatic rings.